The van der Waals surface area contributed by atoms with E-state index in [1.165, 1.54) is 0 Å². The van der Waals surface area contributed by atoms with Crippen LogP contribution in [0.5, 0.6) is 0 Å². The summed E-state index contributed by atoms with van der Waals surface area (Å²) in [6, 6.07) is 1.93. The minimum Gasteiger partial charge on any atom is -0.444 e. The van der Waals surface area contributed by atoms with Gasteiger partial charge in [-0.2, -0.15) is 5.26 Å². The summed E-state index contributed by atoms with van der Waals surface area (Å²) in [7, 11) is 0. The number of amides is 1. The summed E-state index contributed by atoms with van der Waals surface area (Å²) in [5.74, 6) is 0. The zero-order valence-corrected chi connectivity index (χ0v) is 10.5. The molecule has 0 aromatic rings. The fourth-order valence-corrected chi connectivity index (χ4v) is 1.94. The second kappa shape index (κ2) is 4.73. The van der Waals surface area contributed by atoms with Crippen LogP contribution in [0.15, 0.2) is 0 Å². The Morgan fingerprint density at radius 3 is 2.56 bits per heavy atom. The molecule has 0 aliphatic carbocycles. The Morgan fingerprint density at radius 1 is 1.44 bits per heavy atom. The summed E-state index contributed by atoms with van der Waals surface area (Å²) < 4.78 is 5.32. The van der Waals surface area contributed by atoms with Crippen molar-refractivity contribution in [3.05, 3.63) is 0 Å². The van der Waals surface area contributed by atoms with Gasteiger partial charge in [-0.15, -0.1) is 0 Å². The van der Waals surface area contributed by atoms with Gasteiger partial charge in [0.05, 0.1) is 6.07 Å². The molecule has 2 atom stereocenters. The van der Waals surface area contributed by atoms with Crippen LogP contribution in [-0.2, 0) is 4.74 Å². The number of nitriles is 1. The van der Waals surface area contributed by atoms with Crippen molar-refractivity contribution in [1.82, 2.24) is 4.90 Å². The van der Waals surface area contributed by atoms with Crippen molar-refractivity contribution in [1.29, 1.82) is 5.26 Å². The van der Waals surface area contributed by atoms with Crippen LogP contribution in [0.25, 0.3) is 0 Å². The zero-order valence-electron chi connectivity index (χ0n) is 10.5. The van der Waals surface area contributed by atoms with Gasteiger partial charge < -0.3 is 4.74 Å². The molecule has 0 aromatic carbocycles. The smallest absolute Gasteiger partial charge is 0.411 e. The van der Waals surface area contributed by atoms with Crippen molar-refractivity contribution < 1.29 is 9.53 Å². The van der Waals surface area contributed by atoms with Gasteiger partial charge in [0.15, 0.2) is 0 Å². The van der Waals surface area contributed by atoms with Crippen molar-refractivity contribution >= 4 is 6.09 Å². The van der Waals surface area contributed by atoms with Gasteiger partial charge in [0.1, 0.15) is 11.6 Å². The molecule has 4 heteroatoms. The Bertz CT molecular complexity index is 301. The van der Waals surface area contributed by atoms with Gasteiger partial charge in [-0.3, -0.25) is 4.90 Å². The van der Waals surface area contributed by atoms with E-state index in [2.05, 4.69) is 6.07 Å². The fraction of sp³-hybridized carbons (Fsp3) is 0.833. The van der Waals surface area contributed by atoms with Gasteiger partial charge >= 0.3 is 6.09 Å². The summed E-state index contributed by atoms with van der Waals surface area (Å²) in [4.78, 5) is 13.5. The number of ether oxygens (including phenoxy) is 1. The monoisotopic (exact) mass is 224 g/mol. The first-order valence-corrected chi connectivity index (χ1v) is 5.76. The first-order chi connectivity index (χ1) is 7.35. The second-order valence-corrected chi connectivity index (χ2v) is 5.31. The molecule has 90 valence electrons. The number of nitrogens with zero attached hydrogens (tertiary/aromatic N) is 2. The Morgan fingerprint density at radius 2 is 2.06 bits per heavy atom. The molecule has 1 amide bonds. The first-order valence-electron chi connectivity index (χ1n) is 5.76. The molecule has 16 heavy (non-hydrogen) atoms. The number of rotatable bonds is 0. The van der Waals surface area contributed by atoms with E-state index in [9.17, 15) is 4.79 Å². The highest BCUT2D eigenvalue weighted by Crippen LogP contribution is 2.24. The predicted octanol–water partition coefficient (Wildman–Crippen LogP) is 2.69. The van der Waals surface area contributed by atoms with Gasteiger partial charge in [0.25, 0.3) is 0 Å². The lowest BCUT2D eigenvalue weighted by Crippen LogP contribution is -2.50. The SMILES string of the molecule is CC1CCCC(C#N)N1C(=O)OC(C)(C)C. The van der Waals surface area contributed by atoms with Crippen molar-refractivity contribution in [2.75, 3.05) is 0 Å². The molecule has 4 nitrogen and oxygen atoms in total. The Kier molecular flexibility index (Phi) is 3.79. The number of hydrogen-bond donors (Lipinski definition) is 0. The van der Waals surface area contributed by atoms with Crippen LogP contribution >= 0.6 is 0 Å². The minimum absolute atomic E-state index is 0.0910. The maximum Gasteiger partial charge on any atom is 0.411 e. The molecule has 0 radical (unpaired) electrons. The predicted molar refractivity (Wildman–Crippen MR) is 60.8 cm³/mol. The van der Waals surface area contributed by atoms with Crippen LogP contribution in [0.2, 0.25) is 0 Å². The number of piperidine rings is 1. The van der Waals surface area contributed by atoms with Crippen LogP contribution in [0.1, 0.15) is 47.0 Å². The van der Waals surface area contributed by atoms with E-state index in [0.717, 1.165) is 19.3 Å². The molecule has 1 rings (SSSR count). The average molecular weight is 224 g/mol. The topological polar surface area (TPSA) is 53.3 Å². The quantitative estimate of drug-likeness (QED) is 0.635. The maximum absolute atomic E-state index is 11.9. The summed E-state index contributed by atoms with van der Waals surface area (Å²) in [5.41, 5.74) is -0.506. The highest BCUT2D eigenvalue weighted by atomic mass is 16.6. The van der Waals surface area contributed by atoms with E-state index in [-0.39, 0.29) is 18.2 Å². The molecule has 1 heterocycles. The number of hydrogen-bond acceptors (Lipinski definition) is 3. The molecule has 1 aliphatic rings. The molecule has 0 bridgehead atoms. The fourth-order valence-electron chi connectivity index (χ4n) is 1.94. The van der Waals surface area contributed by atoms with E-state index in [4.69, 9.17) is 10.00 Å². The van der Waals surface area contributed by atoms with Crippen LogP contribution in [0.4, 0.5) is 4.79 Å². The van der Waals surface area contributed by atoms with Crippen LogP contribution in [-0.4, -0.2) is 28.7 Å². The van der Waals surface area contributed by atoms with E-state index < -0.39 is 5.60 Å². The van der Waals surface area contributed by atoms with E-state index >= 15 is 0 Å². The van der Waals surface area contributed by atoms with Gasteiger partial charge in [0.2, 0.25) is 0 Å². The molecule has 1 saturated heterocycles. The Labute approximate surface area is 97.2 Å². The lowest BCUT2D eigenvalue weighted by molar-refractivity contribution is 0.00448. The van der Waals surface area contributed by atoms with Gasteiger partial charge in [0, 0.05) is 6.04 Å². The van der Waals surface area contributed by atoms with Crippen molar-refractivity contribution in [2.45, 2.75) is 64.6 Å². The second-order valence-electron chi connectivity index (χ2n) is 5.31. The largest absolute Gasteiger partial charge is 0.444 e. The molecule has 1 aliphatic heterocycles. The third kappa shape index (κ3) is 3.13. The van der Waals surface area contributed by atoms with Crippen molar-refractivity contribution in [3.8, 4) is 6.07 Å². The summed E-state index contributed by atoms with van der Waals surface area (Å²) in [6.07, 6.45) is 2.32. The zero-order chi connectivity index (χ0) is 12.3. The lowest BCUT2D eigenvalue weighted by atomic mass is 9.98. The summed E-state index contributed by atoms with van der Waals surface area (Å²) >= 11 is 0. The molecule has 0 saturated carbocycles. The van der Waals surface area contributed by atoms with E-state index in [1.54, 1.807) is 4.90 Å². The van der Waals surface area contributed by atoms with Gasteiger partial charge in [-0.1, -0.05) is 0 Å². The van der Waals surface area contributed by atoms with E-state index in [0.29, 0.717) is 0 Å². The highest BCUT2D eigenvalue weighted by Gasteiger charge is 2.34. The first kappa shape index (κ1) is 12.8. The molecule has 0 spiro atoms. The Balaban J connectivity index is 2.75. The molecular weight excluding hydrogens is 204 g/mol. The highest BCUT2D eigenvalue weighted by molar-refractivity contribution is 5.69. The average Bonchev–Trinajstić information content (AvgIpc) is 2.14. The number of carbonyl (C=O) groups excluding carboxylic acids is 1. The lowest BCUT2D eigenvalue weighted by Gasteiger charge is -2.37. The molecular formula is C12H20N2O2. The Hall–Kier alpha value is -1.24. The van der Waals surface area contributed by atoms with Crippen molar-refractivity contribution in [3.63, 3.8) is 0 Å². The third-order valence-corrected chi connectivity index (χ3v) is 2.66. The van der Waals surface area contributed by atoms with Gasteiger partial charge in [-0.05, 0) is 47.0 Å². The standard InChI is InChI=1S/C12H20N2O2/c1-9-6-5-7-10(8-13)14(9)11(15)16-12(2,3)4/h9-10H,5-7H2,1-4H3. The van der Waals surface area contributed by atoms with E-state index in [1.807, 2.05) is 27.7 Å². The molecule has 0 N–H and O–H groups in total. The van der Waals surface area contributed by atoms with Crippen LogP contribution in [0, 0.1) is 11.3 Å². The van der Waals surface area contributed by atoms with Crippen LogP contribution in [0.3, 0.4) is 0 Å². The normalized spacial score (nSPS) is 26.1. The molecule has 0 aromatic heterocycles. The maximum atomic E-state index is 11.9. The summed E-state index contributed by atoms with van der Waals surface area (Å²) in [5, 5.41) is 9.03. The van der Waals surface area contributed by atoms with Crippen LogP contribution < -0.4 is 0 Å². The third-order valence-electron chi connectivity index (χ3n) is 2.66. The van der Waals surface area contributed by atoms with Gasteiger partial charge in [-0.25, -0.2) is 4.79 Å². The number of carbonyl (C=O) groups is 1. The number of likely N-dealkylation sites (tertiary alicyclic amines) is 1. The molecule has 2 unspecified atom stereocenters. The molecule has 1 fully saturated rings. The van der Waals surface area contributed by atoms with Crippen molar-refractivity contribution in [2.24, 2.45) is 0 Å². The minimum atomic E-state index is -0.506. The summed E-state index contributed by atoms with van der Waals surface area (Å²) in [6.45, 7) is 7.47.